The van der Waals surface area contributed by atoms with E-state index in [1.54, 1.807) is 24.3 Å². The summed E-state index contributed by atoms with van der Waals surface area (Å²) in [5.41, 5.74) is 3.91. The minimum atomic E-state index is -0.366. The average Bonchev–Trinajstić information content (AvgIpc) is 3.02. The largest absolute Gasteiger partial charge is 0.352 e. The smallest absolute Gasteiger partial charge is 0.265 e. The number of hydrogen-bond donors (Lipinski definition) is 3. The van der Waals surface area contributed by atoms with Crippen LogP contribution in [0.1, 0.15) is 101 Å². The van der Waals surface area contributed by atoms with E-state index in [4.69, 9.17) is 5.84 Å². The Morgan fingerprint density at radius 2 is 1.66 bits per heavy atom. The molecule has 0 bridgehead atoms. The van der Waals surface area contributed by atoms with Gasteiger partial charge in [-0.3, -0.25) is 15.0 Å². The quantitative estimate of drug-likeness (QED) is 0.352. The molecule has 0 heterocycles. The molecule has 1 saturated carbocycles. The van der Waals surface area contributed by atoms with Crippen molar-refractivity contribution in [1.29, 1.82) is 0 Å². The molecule has 164 valence electrons. The van der Waals surface area contributed by atoms with Crippen LogP contribution in [0.25, 0.3) is 0 Å². The molecule has 2 rings (SSSR count). The van der Waals surface area contributed by atoms with E-state index < -0.39 is 0 Å². The molecule has 0 saturated heterocycles. The van der Waals surface area contributed by atoms with Gasteiger partial charge >= 0.3 is 0 Å². The SMILES string of the molecule is CC1(C)CCCC1CNC(=O)c1ccc(C(=O)NN)cc1.CCCCC(C)(C)C. The lowest BCUT2D eigenvalue weighted by atomic mass is 9.82. The third-order valence-corrected chi connectivity index (χ3v) is 5.81. The second-order valence-corrected chi connectivity index (χ2v) is 10.0. The van der Waals surface area contributed by atoms with E-state index in [2.05, 4.69) is 52.3 Å². The van der Waals surface area contributed by atoms with E-state index in [-0.39, 0.29) is 11.8 Å². The van der Waals surface area contributed by atoms with Crippen molar-refractivity contribution in [2.45, 2.75) is 80.1 Å². The van der Waals surface area contributed by atoms with Crippen molar-refractivity contribution in [3.8, 4) is 0 Å². The molecule has 1 atom stereocenters. The van der Waals surface area contributed by atoms with Crippen molar-refractivity contribution < 1.29 is 9.59 Å². The van der Waals surface area contributed by atoms with Crippen molar-refractivity contribution >= 4 is 11.8 Å². The summed E-state index contributed by atoms with van der Waals surface area (Å²) < 4.78 is 0. The Hall–Kier alpha value is -1.88. The molecule has 5 nitrogen and oxygen atoms in total. The van der Waals surface area contributed by atoms with E-state index in [1.165, 1.54) is 38.5 Å². The molecule has 4 N–H and O–H groups in total. The maximum absolute atomic E-state index is 12.1. The maximum Gasteiger partial charge on any atom is 0.265 e. The van der Waals surface area contributed by atoms with Crippen molar-refractivity contribution in [2.24, 2.45) is 22.6 Å². The van der Waals surface area contributed by atoms with Gasteiger partial charge in [0, 0.05) is 17.7 Å². The number of benzene rings is 1. The molecule has 0 spiro atoms. The van der Waals surface area contributed by atoms with E-state index in [9.17, 15) is 9.59 Å². The van der Waals surface area contributed by atoms with Crippen LogP contribution in [-0.4, -0.2) is 18.4 Å². The summed E-state index contributed by atoms with van der Waals surface area (Å²) in [6.45, 7) is 14.4. The van der Waals surface area contributed by atoms with Gasteiger partial charge < -0.3 is 5.32 Å². The van der Waals surface area contributed by atoms with Crippen LogP contribution in [0.3, 0.4) is 0 Å². The van der Waals surface area contributed by atoms with Crippen LogP contribution < -0.4 is 16.6 Å². The molecule has 1 aromatic carbocycles. The van der Waals surface area contributed by atoms with E-state index in [1.807, 2.05) is 0 Å². The van der Waals surface area contributed by atoms with Crippen LogP contribution in [0, 0.1) is 16.7 Å². The Bertz CT molecular complexity index is 645. The summed E-state index contributed by atoms with van der Waals surface area (Å²) in [7, 11) is 0. The highest BCUT2D eigenvalue weighted by molar-refractivity contribution is 5.97. The fourth-order valence-corrected chi connectivity index (χ4v) is 3.66. The minimum absolute atomic E-state index is 0.0996. The zero-order chi connectivity index (χ0) is 22.1. The maximum atomic E-state index is 12.1. The molecule has 0 radical (unpaired) electrons. The van der Waals surface area contributed by atoms with Crippen molar-refractivity contribution in [3.05, 3.63) is 35.4 Å². The highest BCUT2D eigenvalue weighted by Crippen LogP contribution is 2.42. The molecular formula is C24H41N3O2. The molecule has 0 aromatic heterocycles. The standard InChI is InChI=1S/C16H23N3O2.C8H18/c1-16(2)9-3-4-13(16)10-18-14(20)11-5-7-12(8-6-11)15(21)19-17;1-5-6-7-8(2,3)4/h5-8,13H,3-4,9-10,17H2,1-2H3,(H,18,20)(H,19,21);5-7H2,1-4H3. The Labute approximate surface area is 177 Å². The number of nitrogens with one attached hydrogen (secondary N) is 2. The first-order valence-corrected chi connectivity index (χ1v) is 10.9. The van der Waals surface area contributed by atoms with Gasteiger partial charge in [-0.25, -0.2) is 5.84 Å². The van der Waals surface area contributed by atoms with E-state index in [0.717, 1.165) is 0 Å². The topological polar surface area (TPSA) is 84.2 Å². The molecule has 1 aliphatic rings. The number of unbranched alkanes of at least 4 members (excludes halogenated alkanes) is 1. The fourth-order valence-electron chi connectivity index (χ4n) is 3.66. The third kappa shape index (κ3) is 8.99. The van der Waals surface area contributed by atoms with Gasteiger partial charge in [0.2, 0.25) is 0 Å². The summed E-state index contributed by atoms with van der Waals surface area (Å²) >= 11 is 0. The first-order valence-electron chi connectivity index (χ1n) is 10.9. The molecule has 1 aromatic rings. The molecule has 2 amide bonds. The monoisotopic (exact) mass is 403 g/mol. The van der Waals surface area contributed by atoms with Crippen molar-refractivity contribution in [3.63, 3.8) is 0 Å². The molecule has 29 heavy (non-hydrogen) atoms. The van der Waals surface area contributed by atoms with Crippen LogP contribution >= 0.6 is 0 Å². The Morgan fingerprint density at radius 3 is 2.03 bits per heavy atom. The van der Waals surface area contributed by atoms with Gasteiger partial charge in [-0.2, -0.15) is 0 Å². The zero-order valence-corrected chi connectivity index (χ0v) is 19.2. The van der Waals surface area contributed by atoms with Gasteiger partial charge in [0.05, 0.1) is 0 Å². The summed E-state index contributed by atoms with van der Waals surface area (Å²) in [6.07, 6.45) is 7.69. The second kappa shape index (κ2) is 11.3. The summed E-state index contributed by atoms with van der Waals surface area (Å²) in [4.78, 5) is 23.5. The summed E-state index contributed by atoms with van der Waals surface area (Å²) in [5, 5.41) is 3.00. The number of nitrogen functional groups attached to an aromatic ring is 1. The Kier molecular flexibility index (Phi) is 9.84. The molecule has 0 aliphatic heterocycles. The predicted octanol–water partition coefficient (Wildman–Crippen LogP) is 5.07. The highest BCUT2D eigenvalue weighted by Gasteiger charge is 2.34. The van der Waals surface area contributed by atoms with Gasteiger partial charge in [0.15, 0.2) is 0 Å². The van der Waals surface area contributed by atoms with Gasteiger partial charge in [0.1, 0.15) is 0 Å². The highest BCUT2D eigenvalue weighted by atomic mass is 16.2. The summed E-state index contributed by atoms with van der Waals surface area (Å²) in [5.74, 6) is 5.13. The molecule has 1 unspecified atom stereocenters. The number of nitrogens with two attached hydrogens (primary N) is 1. The number of carbonyl (C=O) groups is 2. The Morgan fingerprint density at radius 1 is 1.10 bits per heavy atom. The molecule has 1 fully saturated rings. The number of amides is 2. The molecule has 1 aliphatic carbocycles. The van der Waals surface area contributed by atoms with Gasteiger partial charge in [-0.15, -0.1) is 0 Å². The molecule has 5 heteroatoms. The third-order valence-electron chi connectivity index (χ3n) is 5.81. The van der Waals surface area contributed by atoms with Gasteiger partial charge in [-0.1, -0.05) is 60.8 Å². The minimum Gasteiger partial charge on any atom is -0.352 e. The van der Waals surface area contributed by atoms with Gasteiger partial charge in [0.25, 0.3) is 11.8 Å². The lowest BCUT2D eigenvalue weighted by molar-refractivity contribution is 0.0930. The first-order chi connectivity index (χ1) is 13.5. The first kappa shape index (κ1) is 25.2. The van der Waals surface area contributed by atoms with Gasteiger partial charge in [-0.05, 0) is 60.3 Å². The lowest BCUT2D eigenvalue weighted by Crippen LogP contribution is -2.33. The van der Waals surface area contributed by atoms with Crippen molar-refractivity contribution in [1.82, 2.24) is 10.7 Å². The number of hydrazine groups is 1. The number of hydrogen-bond acceptors (Lipinski definition) is 3. The van der Waals surface area contributed by atoms with E-state index in [0.29, 0.717) is 34.4 Å². The number of carbonyl (C=O) groups excluding carboxylic acids is 2. The average molecular weight is 404 g/mol. The lowest BCUT2D eigenvalue weighted by Gasteiger charge is -2.27. The van der Waals surface area contributed by atoms with Crippen molar-refractivity contribution in [2.75, 3.05) is 6.54 Å². The van der Waals surface area contributed by atoms with Crippen LogP contribution in [-0.2, 0) is 0 Å². The predicted molar refractivity (Wildman–Crippen MR) is 121 cm³/mol. The van der Waals surface area contributed by atoms with Crippen LogP contribution in [0.2, 0.25) is 0 Å². The zero-order valence-electron chi connectivity index (χ0n) is 19.2. The van der Waals surface area contributed by atoms with Crippen LogP contribution in [0.4, 0.5) is 0 Å². The van der Waals surface area contributed by atoms with Crippen LogP contribution in [0.5, 0.6) is 0 Å². The van der Waals surface area contributed by atoms with Crippen LogP contribution in [0.15, 0.2) is 24.3 Å². The molecular weight excluding hydrogens is 362 g/mol. The Balaban J connectivity index is 0.000000447. The second-order valence-electron chi connectivity index (χ2n) is 10.0. The normalized spacial score (nSPS) is 17.8. The number of rotatable bonds is 6. The fraction of sp³-hybridized carbons (Fsp3) is 0.667. The van der Waals surface area contributed by atoms with E-state index >= 15 is 0 Å². The summed E-state index contributed by atoms with van der Waals surface area (Å²) in [6, 6.07) is 6.46.